The third-order valence-corrected chi connectivity index (χ3v) is 2.52. The molecule has 0 radical (unpaired) electrons. The van der Waals surface area contributed by atoms with Gasteiger partial charge in [0.05, 0.1) is 12.2 Å². The first-order chi connectivity index (χ1) is 8.66. The summed E-state index contributed by atoms with van der Waals surface area (Å²) in [6.07, 6.45) is 3.23. The number of carbonyl (C=O) groups excluding carboxylic acids is 1. The lowest BCUT2D eigenvalue weighted by molar-refractivity contribution is 0.0950. The van der Waals surface area contributed by atoms with Crippen molar-refractivity contribution in [1.82, 2.24) is 14.9 Å². The highest BCUT2D eigenvalue weighted by molar-refractivity contribution is 5.93. The van der Waals surface area contributed by atoms with Gasteiger partial charge in [0, 0.05) is 31.1 Å². The van der Waals surface area contributed by atoms with Crippen LogP contribution in [0.2, 0.25) is 0 Å². The number of nitrogens with one attached hydrogen (secondary N) is 1. The lowest BCUT2D eigenvalue weighted by atomic mass is 10.2. The molecule has 0 saturated heterocycles. The summed E-state index contributed by atoms with van der Waals surface area (Å²) < 4.78 is 1.41. The predicted molar refractivity (Wildman–Crippen MR) is 67.1 cm³/mol. The number of amides is 1. The van der Waals surface area contributed by atoms with E-state index in [-0.39, 0.29) is 11.5 Å². The molecule has 2 aromatic rings. The van der Waals surface area contributed by atoms with Crippen molar-refractivity contribution in [3.05, 3.63) is 64.3 Å². The molecule has 0 aliphatic rings. The van der Waals surface area contributed by atoms with E-state index in [0.717, 1.165) is 5.69 Å². The fourth-order valence-corrected chi connectivity index (χ4v) is 1.47. The van der Waals surface area contributed by atoms with E-state index in [1.165, 1.54) is 10.6 Å². The van der Waals surface area contributed by atoms with Crippen LogP contribution >= 0.6 is 0 Å². The van der Waals surface area contributed by atoms with Gasteiger partial charge in [-0.25, -0.2) is 0 Å². The van der Waals surface area contributed by atoms with Gasteiger partial charge in [-0.3, -0.25) is 14.6 Å². The van der Waals surface area contributed by atoms with Crippen molar-refractivity contribution in [2.75, 3.05) is 0 Å². The fraction of sp³-hybridized carbons (Fsp3) is 0.154. The van der Waals surface area contributed by atoms with Gasteiger partial charge in [-0.15, -0.1) is 0 Å². The van der Waals surface area contributed by atoms with Crippen LogP contribution in [0.5, 0.6) is 0 Å². The van der Waals surface area contributed by atoms with Gasteiger partial charge in [0.2, 0.25) is 0 Å². The third kappa shape index (κ3) is 2.82. The second-order valence-corrected chi connectivity index (χ2v) is 3.87. The van der Waals surface area contributed by atoms with E-state index in [1.54, 1.807) is 25.5 Å². The van der Waals surface area contributed by atoms with Crippen LogP contribution in [0.4, 0.5) is 0 Å². The molecular formula is C13H13N3O2. The number of nitrogens with zero attached hydrogens (tertiary/aromatic N) is 2. The molecule has 5 nitrogen and oxygen atoms in total. The average molecular weight is 243 g/mol. The van der Waals surface area contributed by atoms with Gasteiger partial charge in [-0.1, -0.05) is 6.07 Å². The zero-order chi connectivity index (χ0) is 13.0. The molecule has 0 aromatic carbocycles. The molecule has 0 fully saturated rings. The van der Waals surface area contributed by atoms with Crippen molar-refractivity contribution in [1.29, 1.82) is 0 Å². The number of aryl methyl sites for hydroxylation is 1. The summed E-state index contributed by atoms with van der Waals surface area (Å²) in [5.74, 6) is -0.279. The van der Waals surface area contributed by atoms with Crippen LogP contribution in [0.1, 0.15) is 16.1 Å². The SMILES string of the molecule is Cn1ccc(C(=O)NCc2ccccn2)cc1=O. The lowest BCUT2D eigenvalue weighted by Gasteiger charge is -2.05. The van der Waals surface area contributed by atoms with Gasteiger partial charge in [0.25, 0.3) is 11.5 Å². The summed E-state index contributed by atoms with van der Waals surface area (Å²) in [5.41, 5.74) is 0.921. The van der Waals surface area contributed by atoms with Gasteiger partial charge in [-0.2, -0.15) is 0 Å². The van der Waals surface area contributed by atoms with Crippen molar-refractivity contribution in [3.8, 4) is 0 Å². The van der Waals surface area contributed by atoms with Crippen LogP contribution in [0, 0.1) is 0 Å². The van der Waals surface area contributed by atoms with E-state index < -0.39 is 0 Å². The Morgan fingerprint density at radius 2 is 2.22 bits per heavy atom. The molecule has 0 aliphatic carbocycles. The number of carbonyl (C=O) groups is 1. The molecule has 2 heterocycles. The first kappa shape index (κ1) is 12.0. The normalized spacial score (nSPS) is 10.1. The highest BCUT2D eigenvalue weighted by Crippen LogP contribution is 1.97. The molecule has 0 atom stereocenters. The zero-order valence-electron chi connectivity index (χ0n) is 9.96. The minimum atomic E-state index is -0.279. The van der Waals surface area contributed by atoms with Gasteiger partial charge in [-0.05, 0) is 18.2 Å². The Kier molecular flexibility index (Phi) is 3.52. The number of hydrogen-bond acceptors (Lipinski definition) is 3. The monoisotopic (exact) mass is 243 g/mol. The third-order valence-electron chi connectivity index (χ3n) is 2.52. The molecule has 18 heavy (non-hydrogen) atoms. The van der Waals surface area contributed by atoms with Crippen molar-refractivity contribution in [3.63, 3.8) is 0 Å². The quantitative estimate of drug-likeness (QED) is 0.863. The summed E-state index contributed by atoms with van der Waals surface area (Å²) in [5, 5.41) is 2.71. The Hall–Kier alpha value is -2.43. The second kappa shape index (κ2) is 5.27. The summed E-state index contributed by atoms with van der Waals surface area (Å²) in [6, 6.07) is 8.41. The van der Waals surface area contributed by atoms with E-state index in [2.05, 4.69) is 10.3 Å². The summed E-state index contributed by atoms with van der Waals surface area (Å²) in [6.45, 7) is 0.342. The highest BCUT2D eigenvalue weighted by Gasteiger charge is 2.06. The van der Waals surface area contributed by atoms with Crippen LogP contribution in [-0.2, 0) is 13.6 Å². The van der Waals surface area contributed by atoms with Gasteiger partial charge < -0.3 is 9.88 Å². The van der Waals surface area contributed by atoms with Crippen LogP contribution in [0.25, 0.3) is 0 Å². The smallest absolute Gasteiger partial charge is 0.251 e. The van der Waals surface area contributed by atoms with Crippen molar-refractivity contribution < 1.29 is 4.79 Å². The van der Waals surface area contributed by atoms with Crippen LogP contribution in [-0.4, -0.2) is 15.5 Å². The van der Waals surface area contributed by atoms with E-state index in [0.29, 0.717) is 12.1 Å². The number of rotatable bonds is 3. The molecule has 5 heteroatoms. The maximum atomic E-state index is 11.8. The van der Waals surface area contributed by atoms with Crippen molar-refractivity contribution >= 4 is 5.91 Å². The Labute approximate surface area is 104 Å². The molecule has 2 rings (SSSR count). The molecule has 1 amide bonds. The molecule has 0 spiro atoms. The van der Waals surface area contributed by atoms with Gasteiger partial charge in [0.15, 0.2) is 0 Å². The Morgan fingerprint density at radius 3 is 2.89 bits per heavy atom. The molecule has 0 unspecified atom stereocenters. The maximum absolute atomic E-state index is 11.8. The van der Waals surface area contributed by atoms with Gasteiger partial charge in [0.1, 0.15) is 0 Å². The van der Waals surface area contributed by atoms with E-state index in [1.807, 2.05) is 18.2 Å². The number of hydrogen-bond donors (Lipinski definition) is 1. The topological polar surface area (TPSA) is 64.0 Å². The van der Waals surface area contributed by atoms with Gasteiger partial charge >= 0.3 is 0 Å². The highest BCUT2D eigenvalue weighted by atomic mass is 16.2. The fourth-order valence-electron chi connectivity index (χ4n) is 1.47. The summed E-state index contributed by atoms with van der Waals surface area (Å²) in [4.78, 5) is 27.3. The van der Waals surface area contributed by atoms with E-state index in [4.69, 9.17) is 0 Å². The molecule has 0 saturated carbocycles. The predicted octanol–water partition coefficient (Wildman–Crippen LogP) is 0.710. The molecule has 1 N–H and O–H groups in total. The molecule has 92 valence electrons. The van der Waals surface area contributed by atoms with E-state index in [9.17, 15) is 9.59 Å². The lowest BCUT2D eigenvalue weighted by Crippen LogP contribution is -2.26. The summed E-state index contributed by atoms with van der Waals surface area (Å²) >= 11 is 0. The van der Waals surface area contributed by atoms with Crippen molar-refractivity contribution in [2.24, 2.45) is 7.05 Å². The van der Waals surface area contributed by atoms with Crippen LogP contribution in [0.3, 0.4) is 0 Å². The zero-order valence-corrected chi connectivity index (χ0v) is 9.96. The molecule has 0 aliphatic heterocycles. The molecule has 2 aromatic heterocycles. The molecular weight excluding hydrogens is 230 g/mol. The first-order valence-corrected chi connectivity index (χ1v) is 5.51. The number of aromatic nitrogens is 2. The molecule has 0 bridgehead atoms. The number of pyridine rings is 2. The average Bonchev–Trinajstić information content (AvgIpc) is 2.40. The van der Waals surface area contributed by atoms with Crippen molar-refractivity contribution in [2.45, 2.75) is 6.54 Å². The van der Waals surface area contributed by atoms with Crippen LogP contribution in [0.15, 0.2) is 47.5 Å². The summed E-state index contributed by atoms with van der Waals surface area (Å²) in [7, 11) is 1.64. The first-order valence-electron chi connectivity index (χ1n) is 5.51. The van der Waals surface area contributed by atoms with Crippen LogP contribution < -0.4 is 10.9 Å². The minimum Gasteiger partial charge on any atom is -0.346 e. The maximum Gasteiger partial charge on any atom is 0.251 e. The second-order valence-electron chi connectivity index (χ2n) is 3.87. The largest absolute Gasteiger partial charge is 0.346 e. The standard InChI is InChI=1S/C13H13N3O2/c1-16-7-5-10(8-12(16)17)13(18)15-9-11-4-2-3-6-14-11/h2-8H,9H2,1H3,(H,15,18). The minimum absolute atomic E-state index is 0.208. The Balaban J connectivity index is 2.04. The Bertz CT molecular complexity index is 605. The van der Waals surface area contributed by atoms with E-state index >= 15 is 0 Å². The Morgan fingerprint density at radius 1 is 1.39 bits per heavy atom.